The van der Waals surface area contributed by atoms with Crippen molar-refractivity contribution in [3.05, 3.63) is 21.3 Å². The van der Waals surface area contributed by atoms with Gasteiger partial charge in [0, 0.05) is 24.5 Å². The Kier molecular flexibility index (Phi) is 4.55. The normalized spacial score (nSPS) is 22.1. The molecule has 0 spiro atoms. The highest BCUT2D eigenvalue weighted by Crippen LogP contribution is 2.27. The summed E-state index contributed by atoms with van der Waals surface area (Å²) in [5.74, 6) is -1.30. The Balaban J connectivity index is 1.99. The van der Waals surface area contributed by atoms with E-state index >= 15 is 0 Å². The van der Waals surface area contributed by atoms with Gasteiger partial charge in [-0.2, -0.15) is 0 Å². The van der Waals surface area contributed by atoms with E-state index in [1.807, 2.05) is 6.07 Å². The Morgan fingerprint density at radius 2 is 2.25 bits per heavy atom. The molecule has 0 bridgehead atoms. The van der Waals surface area contributed by atoms with Crippen LogP contribution < -0.4 is 0 Å². The standard InChI is InChI=1S/C13H17ClN2O3S/c1-8-10(12(17)18)5-6-16(8)13(19)15(2)7-9-3-4-11(14)20-9/h3-4,8,10H,5-7H2,1-2H3,(H,17,18). The summed E-state index contributed by atoms with van der Waals surface area (Å²) in [4.78, 5) is 27.7. The van der Waals surface area contributed by atoms with Crippen LogP contribution in [0.1, 0.15) is 18.2 Å². The lowest BCUT2D eigenvalue weighted by Crippen LogP contribution is -2.44. The van der Waals surface area contributed by atoms with Gasteiger partial charge in [-0.3, -0.25) is 4.79 Å². The summed E-state index contributed by atoms with van der Waals surface area (Å²) < 4.78 is 0.696. The molecule has 1 aliphatic heterocycles. The average Bonchev–Trinajstić information content (AvgIpc) is 2.94. The van der Waals surface area contributed by atoms with Crippen LogP contribution >= 0.6 is 22.9 Å². The first kappa shape index (κ1) is 15.1. The minimum atomic E-state index is -0.833. The van der Waals surface area contributed by atoms with Gasteiger partial charge in [0.15, 0.2) is 0 Å². The van der Waals surface area contributed by atoms with Crippen molar-refractivity contribution < 1.29 is 14.7 Å². The number of thiophene rings is 1. The summed E-state index contributed by atoms with van der Waals surface area (Å²) in [6, 6.07) is 3.29. The molecule has 110 valence electrons. The molecule has 20 heavy (non-hydrogen) atoms. The number of hydrogen-bond donors (Lipinski definition) is 1. The zero-order valence-corrected chi connectivity index (χ0v) is 12.9. The smallest absolute Gasteiger partial charge is 0.320 e. The van der Waals surface area contributed by atoms with Crippen LogP contribution in [0.4, 0.5) is 4.79 Å². The average molecular weight is 317 g/mol. The summed E-state index contributed by atoms with van der Waals surface area (Å²) in [6.07, 6.45) is 0.515. The number of carboxylic acid groups (broad SMARTS) is 1. The molecule has 2 unspecified atom stereocenters. The van der Waals surface area contributed by atoms with Gasteiger partial charge in [-0.1, -0.05) is 11.6 Å². The lowest BCUT2D eigenvalue weighted by molar-refractivity contribution is -0.142. The third-order valence-electron chi connectivity index (χ3n) is 3.67. The lowest BCUT2D eigenvalue weighted by atomic mass is 10.0. The molecule has 0 aromatic carbocycles. The van der Waals surface area contributed by atoms with Gasteiger partial charge in [0.2, 0.25) is 0 Å². The quantitative estimate of drug-likeness (QED) is 0.932. The molecular formula is C13H17ClN2O3S. The molecule has 0 radical (unpaired) electrons. The summed E-state index contributed by atoms with van der Waals surface area (Å²) in [5.41, 5.74) is 0. The number of likely N-dealkylation sites (tertiary alicyclic amines) is 1. The second-order valence-corrected chi connectivity index (χ2v) is 6.81. The lowest BCUT2D eigenvalue weighted by Gasteiger charge is -2.28. The second kappa shape index (κ2) is 6.01. The summed E-state index contributed by atoms with van der Waals surface area (Å²) in [7, 11) is 1.72. The molecule has 2 heterocycles. The number of nitrogens with zero attached hydrogens (tertiary/aromatic N) is 2. The van der Waals surface area contributed by atoms with Crippen LogP contribution in [-0.2, 0) is 11.3 Å². The first-order chi connectivity index (χ1) is 9.40. The van der Waals surface area contributed by atoms with Crippen molar-refractivity contribution in [1.82, 2.24) is 9.80 Å². The molecule has 2 atom stereocenters. The van der Waals surface area contributed by atoms with Gasteiger partial charge in [-0.05, 0) is 25.5 Å². The van der Waals surface area contributed by atoms with Crippen molar-refractivity contribution in [2.24, 2.45) is 5.92 Å². The molecule has 1 aromatic rings. The van der Waals surface area contributed by atoms with Crippen molar-refractivity contribution in [1.29, 1.82) is 0 Å². The Bertz CT molecular complexity index is 519. The molecule has 1 aromatic heterocycles. The van der Waals surface area contributed by atoms with Gasteiger partial charge >= 0.3 is 12.0 Å². The van der Waals surface area contributed by atoms with Crippen molar-refractivity contribution in [2.45, 2.75) is 25.9 Å². The number of aliphatic carboxylic acids is 1. The number of rotatable bonds is 3. The van der Waals surface area contributed by atoms with Crippen molar-refractivity contribution in [3.63, 3.8) is 0 Å². The Morgan fingerprint density at radius 3 is 2.75 bits per heavy atom. The van der Waals surface area contributed by atoms with E-state index in [1.165, 1.54) is 11.3 Å². The summed E-state index contributed by atoms with van der Waals surface area (Å²) in [5, 5.41) is 9.10. The third kappa shape index (κ3) is 3.07. The van der Waals surface area contributed by atoms with Crippen molar-refractivity contribution in [3.8, 4) is 0 Å². The van der Waals surface area contributed by atoms with Crippen molar-refractivity contribution in [2.75, 3.05) is 13.6 Å². The maximum Gasteiger partial charge on any atom is 0.320 e. The van der Waals surface area contributed by atoms with Crippen molar-refractivity contribution >= 4 is 34.9 Å². The SMILES string of the molecule is CC1C(C(=O)O)CCN1C(=O)N(C)Cc1ccc(Cl)s1. The van der Waals surface area contributed by atoms with E-state index in [1.54, 1.807) is 29.8 Å². The Labute approximate surface area is 126 Å². The van der Waals surface area contributed by atoms with Crippen LogP contribution in [-0.4, -0.2) is 46.5 Å². The van der Waals surface area contributed by atoms with Crippen LogP contribution in [0.15, 0.2) is 12.1 Å². The minimum absolute atomic E-state index is 0.134. The molecule has 1 saturated heterocycles. The van der Waals surface area contributed by atoms with Crippen LogP contribution in [0.3, 0.4) is 0 Å². The molecule has 0 aliphatic carbocycles. The monoisotopic (exact) mass is 316 g/mol. The van der Waals surface area contributed by atoms with E-state index < -0.39 is 11.9 Å². The van der Waals surface area contributed by atoms with Gasteiger partial charge in [0.25, 0.3) is 0 Å². The zero-order chi connectivity index (χ0) is 14.9. The first-order valence-electron chi connectivity index (χ1n) is 6.39. The zero-order valence-electron chi connectivity index (χ0n) is 11.4. The molecule has 1 aliphatic rings. The molecule has 1 N–H and O–H groups in total. The van der Waals surface area contributed by atoms with Crippen LogP contribution in [0.25, 0.3) is 0 Å². The topological polar surface area (TPSA) is 60.9 Å². The van der Waals surface area contributed by atoms with E-state index in [0.717, 1.165) is 4.88 Å². The molecular weight excluding hydrogens is 300 g/mol. The fraction of sp³-hybridized carbons (Fsp3) is 0.538. The number of carbonyl (C=O) groups excluding carboxylic acids is 1. The molecule has 2 rings (SSSR count). The molecule has 2 amide bonds. The maximum absolute atomic E-state index is 12.4. The number of urea groups is 1. The van der Waals surface area contributed by atoms with E-state index in [4.69, 9.17) is 16.7 Å². The second-order valence-electron chi connectivity index (χ2n) is 5.01. The minimum Gasteiger partial charge on any atom is -0.481 e. The van der Waals surface area contributed by atoms with E-state index in [0.29, 0.717) is 23.8 Å². The largest absolute Gasteiger partial charge is 0.481 e. The van der Waals surface area contributed by atoms with Gasteiger partial charge in [0.05, 0.1) is 16.8 Å². The fourth-order valence-electron chi connectivity index (χ4n) is 2.50. The number of halogens is 1. The highest BCUT2D eigenvalue weighted by molar-refractivity contribution is 7.16. The number of carbonyl (C=O) groups is 2. The predicted molar refractivity (Wildman–Crippen MR) is 78.1 cm³/mol. The van der Waals surface area contributed by atoms with Gasteiger partial charge in [-0.25, -0.2) is 4.79 Å². The number of carboxylic acids is 1. The van der Waals surface area contributed by atoms with Gasteiger partial charge in [-0.15, -0.1) is 11.3 Å². The van der Waals surface area contributed by atoms with Gasteiger partial charge < -0.3 is 14.9 Å². The number of hydrogen-bond acceptors (Lipinski definition) is 3. The van der Waals surface area contributed by atoms with Gasteiger partial charge in [0.1, 0.15) is 0 Å². The summed E-state index contributed by atoms with van der Waals surface area (Å²) in [6.45, 7) is 2.77. The fourth-order valence-corrected chi connectivity index (χ4v) is 3.64. The molecule has 1 fully saturated rings. The van der Waals surface area contributed by atoms with Crippen LogP contribution in [0.5, 0.6) is 0 Å². The first-order valence-corrected chi connectivity index (χ1v) is 7.58. The number of amides is 2. The maximum atomic E-state index is 12.4. The predicted octanol–water partition coefficient (Wildman–Crippen LogP) is 2.75. The molecule has 7 heteroatoms. The highest BCUT2D eigenvalue weighted by Gasteiger charge is 2.39. The third-order valence-corrected chi connectivity index (χ3v) is 4.88. The highest BCUT2D eigenvalue weighted by atomic mass is 35.5. The van der Waals surface area contributed by atoms with Crippen LogP contribution in [0, 0.1) is 5.92 Å². The Hall–Kier alpha value is -1.27. The molecule has 5 nitrogen and oxygen atoms in total. The van der Waals surface area contributed by atoms with E-state index in [9.17, 15) is 9.59 Å². The van der Waals surface area contributed by atoms with Crippen LogP contribution in [0.2, 0.25) is 4.34 Å². The summed E-state index contributed by atoms with van der Waals surface area (Å²) >= 11 is 7.31. The molecule has 0 saturated carbocycles. The van der Waals surface area contributed by atoms with E-state index in [2.05, 4.69) is 0 Å². The van der Waals surface area contributed by atoms with E-state index in [-0.39, 0.29) is 12.1 Å². The Morgan fingerprint density at radius 1 is 1.55 bits per heavy atom.